The molecule has 0 spiro atoms. The molecule has 0 amide bonds. The smallest absolute Gasteiger partial charge is 0.205 e. The van der Waals surface area contributed by atoms with Crippen molar-refractivity contribution in [3.8, 4) is 11.8 Å². The number of nitrogens with two attached hydrogens (primary N) is 1. The Morgan fingerprint density at radius 1 is 1.19 bits per heavy atom. The number of nitrogens with zero attached hydrogens (tertiary/aromatic N) is 1. The van der Waals surface area contributed by atoms with Gasteiger partial charge in [-0.2, -0.15) is 5.26 Å². The van der Waals surface area contributed by atoms with Gasteiger partial charge in [-0.15, -0.1) is 0 Å². The number of benzene rings is 2. The molecule has 104 valence electrons. The molecule has 2 unspecified atom stereocenters. The molecule has 5 heteroatoms. The minimum Gasteiger partial charge on any atom is -0.442 e. The Balaban J connectivity index is 2.23. The van der Waals surface area contributed by atoms with Gasteiger partial charge in [0.1, 0.15) is 11.7 Å². The topological polar surface area (TPSA) is 82.9 Å². The summed E-state index contributed by atoms with van der Waals surface area (Å²) in [6, 6.07) is 14.8. The fraction of sp³-hybridized carbons (Fsp3) is 0.125. The molecule has 0 fully saturated rings. The highest BCUT2D eigenvalue weighted by Crippen LogP contribution is 2.44. The molecule has 1 aliphatic heterocycles. The second-order valence-electron chi connectivity index (χ2n) is 4.87. The Kier molecular flexibility index (Phi) is 3.28. The molecular weight excluding hydrogens is 286 g/mol. The molecule has 3 rings (SSSR count). The van der Waals surface area contributed by atoms with Crippen LogP contribution in [0.5, 0.6) is 5.75 Å². The number of nitrogen functional groups attached to an aromatic ring is 1. The molecule has 1 aliphatic rings. The van der Waals surface area contributed by atoms with Crippen molar-refractivity contribution in [3.05, 3.63) is 58.6 Å². The number of rotatable bonds is 1. The van der Waals surface area contributed by atoms with Gasteiger partial charge in [0, 0.05) is 28.3 Å². The fourth-order valence-corrected chi connectivity index (χ4v) is 2.87. The van der Waals surface area contributed by atoms with E-state index in [9.17, 15) is 5.26 Å². The zero-order valence-electron chi connectivity index (χ0n) is 11.0. The van der Waals surface area contributed by atoms with Gasteiger partial charge in [0.25, 0.3) is 0 Å². The number of hydrogen-bond acceptors (Lipinski definition) is 4. The molecule has 3 N–H and O–H groups in total. The summed E-state index contributed by atoms with van der Waals surface area (Å²) in [6.45, 7) is 0. The third kappa shape index (κ3) is 2.22. The monoisotopic (exact) mass is 297 g/mol. The van der Waals surface area contributed by atoms with Crippen molar-refractivity contribution in [2.45, 2.75) is 5.92 Å². The molecule has 0 radical (unpaired) electrons. The number of nitrogens with one attached hydrogen (secondary N) is 1. The van der Waals surface area contributed by atoms with Gasteiger partial charge in [0.2, 0.25) is 5.90 Å². The van der Waals surface area contributed by atoms with Gasteiger partial charge in [-0.05, 0) is 17.7 Å². The molecule has 2 aromatic carbocycles. The first kappa shape index (κ1) is 13.5. The van der Waals surface area contributed by atoms with Crippen LogP contribution in [0.4, 0.5) is 5.69 Å². The summed E-state index contributed by atoms with van der Waals surface area (Å²) in [5, 5.41) is 18.0. The van der Waals surface area contributed by atoms with E-state index in [1.807, 2.05) is 24.3 Å². The van der Waals surface area contributed by atoms with Crippen LogP contribution >= 0.6 is 11.6 Å². The first-order chi connectivity index (χ1) is 10.1. The van der Waals surface area contributed by atoms with Crippen LogP contribution in [0.1, 0.15) is 17.0 Å². The normalized spacial score (nSPS) is 20.3. The van der Waals surface area contributed by atoms with Gasteiger partial charge in [-0.3, -0.25) is 5.41 Å². The molecule has 21 heavy (non-hydrogen) atoms. The molecule has 0 saturated carbocycles. The Morgan fingerprint density at radius 3 is 2.67 bits per heavy atom. The number of hydrogen-bond donors (Lipinski definition) is 2. The van der Waals surface area contributed by atoms with Crippen LogP contribution < -0.4 is 10.5 Å². The summed E-state index contributed by atoms with van der Waals surface area (Å²) in [5.41, 5.74) is 7.95. The third-order valence-electron chi connectivity index (χ3n) is 3.59. The number of halogens is 1. The molecule has 4 nitrogen and oxygen atoms in total. The number of ether oxygens (including phenoxy) is 1. The molecule has 0 saturated heterocycles. The van der Waals surface area contributed by atoms with E-state index in [1.54, 1.807) is 18.2 Å². The van der Waals surface area contributed by atoms with Gasteiger partial charge in [0.05, 0.1) is 6.07 Å². The Morgan fingerprint density at radius 2 is 1.95 bits per heavy atom. The van der Waals surface area contributed by atoms with Crippen molar-refractivity contribution in [1.29, 1.82) is 10.7 Å². The van der Waals surface area contributed by atoms with Gasteiger partial charge in [0.15, 0.2) is 0 Å². The molecule has 2 aromatic rings. The maximum atomic E-state index is 9.43. The standard InChI is InChI=1S/C16H12ClN3O/c17-13-4-2-1-3-10(13)15-11-6-5-9(19)7-14(11)21-16(20)12(15)8-18/h1-7,12,15,20H,19H2. The largest absolute Gasteiger partial charge is 0.442 e. The van der Waals surface area contributed by atoms with Gasteiger partial charge in [-0.1, -0.05) is 35.9 Å². The first-order valence-electron chi connectivity index (χ1n) is 6.41. The summed E-state index contributed by atoms with van der Waals surface area (Å²) in [5.74, 6) is -0.612. The summed E-state index contributed by atoms with van der Waals surface area (Å²) < 4.78 is 5.45. The van der Waals surface area contributed by atoms with Crippen LogP contribution in [0.25, 0.3) is 0 Å². The molecule has 2 atom stereocenters. The second-order valence-corrected chi connectivity index (χ2v) is 5.28. The maximum Gasteiger partial charge on any atom is 0.205 e. The van der Waals surface area contributed by atoms with E-state index in [0.717, 1.165) is 11.1 Å². The molecule has 0 bridgehead atoms. The highest BCUT2D eigenvalue weighted by atomic mass is 35.5. The summed E-state index contributed by atoms with van der Waals surface area (Å²) >= 11 is 6.28. The van der Waals surface area contributed by atoms with Crippen molar-refractivity contribution in [1.82, 2.24) is 0 Å². The van der Waals surface area contributed by atoms with Crippen LogP contribution in [0, 0.1) is 22.7 Å². The lowest BCUT2D eigenvalue weighted by Gasteiger charge is -2.30. The Bertz CT molecular complexity index is 766. The van der Waals surface area contributed by atoms with Crippen molar-refractivity contribution in [2.75, 3.05) is 5.73 Å². The van der Waals surface area contributed by atoms with Crippen LogP contribution in [0.15, 0.2) is 42.5 Å². The minimum absolute atomic E-state index is 0.0829. The van der Waals surface area contributed by atoms with E-state index in [0.29, 0.717) is 16.5 Å². The third-order valence-corrected chi connectivity index (χ3v) is 3.93. The predicted molar refractivity (Wildman–Crippen MR) is 81.6 cm³/mol. The van der Waals surface area contributed by atoms with Crippen molar-refractivity contribution >= 4 is 23.2 Å². The van der Waals surface area contributed by atoms with Gasteiger partial charge >= 0.3 is 0 Å². The zero-order valence-corrected chi connectivity index (χ0v) is 11.8. The fourth-order valence-electron chi connectivity index (χ4n) is 2.62. The SMILES string of the molecule is N#CC1C(=N)Oc2cc(N)ccc2C1c1ccccc1Cl. The zero-order chi connectivity index (χ0) is 15.0. The summed E-state index contributed by atoms with van der Waals surface area (Å²) in [6.07, 6.45) is 0. The van der Waals surface area contributed by atoms with Crippen molar-refractivity contribution in [3.63, 3.8) is 0 Å². The molecule has 0 aliphatic carbocycles. The molecule has 1 heterocycles. The molecular formula is C16H12ClN3O. The number of fused-ring (bicyclic) bond motifs is 1. The van der Waals surface area contributed by atoms with E-state index >= 15 is 0 Å². The van der Waals surface area contributed by atoms with E-state index in [4.69, 9.17) is 27.5 Å². The van der Waals surface area contributed by atoms with E-state index in [-0.39, 0.29) is 11.8 Å². The highest BCUT2D eigenvalue weighted by molar-refractivity contribution is 6.31. The molecule has 0 aromatic heterocycles. The minimum atomic E-state index is -0.707. The van der Waals surface area contributed by atoms with E-state index in [2.05, 4.69) is 6.07 Å². The van der Waals surface area contributed by atoms with Crippen molar-refractivity contribution in [2.24, 2.45) is 5.92 Å². The number of anilines is 1. The summed E-state index contributed by atoms with van der Waals surface area (Å²) in [4.78, 5) is 0. The Hall–Kier alpha value is -2.51. The van der Waals surface area contributed by atoms with E-state index in [1.165, 1.54) is 0 Å². The second kappa shape index (κ2) is 5.12. The Labute approximate surface area is 127 Å². The average Bonchev–Trinajstić information content (AvgIpc) is 2.46. The number of nitriles is 1. The lowest BCUT2D eigenvalue weighted by Crippen LogP contribution is -2.31. The van der Waals surface area contributed by atoms with Crippen LogP contribution in [0.2, 0.25) is 5.02 Å². The predicted octanol–water partition coefficient (Wildman–Crippen LogP) is 3.56. The van der Waals surface area contributed by atoms with Crippen molar-refractivity contribution < 1.29 is 4.74 Å². The van der Waals surface area contributed by atoms with E-state index < -0.39 is 5.92 Å². The maximum absolute atomic E-state index is 9.43. The van der Waals surface area contributed by atoms with Crippen LogP contribution in [0.3, 0.4) is 0 Å². The summed E-state index contributed by atoms with van der Waals surface area (Å²) in [7, 11) is 0. The lowest BCUT2D eigenvalue weighted by atomic mass is 9.79. The first-order valence-corrected chi connectivity index (χ1v) is 6.79. The van der Waals surface area contributed by atoms with Gasteiger partial charge < -0.3 is 10.5 Å². The quantitative estimate of drug-likeness (QED) is 0.789. The average molecular weight is 298 g/mol. The lowest BCUT2D eigenvalue weighted by molar-refractivity contribution is 0.451. The highest BCUT2D eigenvalue weighted by Gasteiger charge is 2.37. The van der Waals surface area contributed by atoms with Crippen LogP contribution in [-0.2, 0) is 0 Å². The van der Waals surface area contributed by atoms with Crippen LogP contribution in [-0.4, -0.2) is 5.90 Å². The van der Waals surface area contributed by atoms with Gasteiger partial charge in [-0.25, -0.2) is 0 Å².